The van der Waals surface area contributed by atoms with Crippen LogP contribution in [0, 0.1) is 6.92 Å². The molecule has 28 heavy (non-hydrogen) atoms. The highest BCUT2D eigenvalue weighted by molar-refractivity contribution is 7.91. The fourth-order valence-corrected chi connectivity index (χ4v) is 3.73. The van der Waals surface area contributed by atoms with Gasteiger partial charge in [0.1, 0.15) is 11.9 Å². The Balaban J connectivity index is 1.89. The summed E-state index contributed by atoms with van der Waals surface area (Å²) < 4.78 is 30.6. The smallest absolute Gasteiger partial charge is 0.191 e. The standard InChI is InChI=1S/C21H29N3O3S/c1-4-22-21(23-14-15-28(25,26)19-11-6-5-7-12-19)24-16-18(3)27-20-13-9-8-10-17(20)2/h5-13,18H,4,14-16H2,1-3H3,(H2,22,23,24). The number of ether oxygens (including phenoxy) is 1. The number of hydrogen-bond acceptors (Lipinski definition) is 4. The first-order valence-corrected chi connectivity index (χ1v) is 11.1. The van der Waals surface area contributed by atoms with Crippen LogP contribution in [0.4, 0.5) is 0 Å². The number of rotatable bonds is 9. The predicted octanol–water partition coefficient (Wildman–Crippen LogP) is 2.79. The largest absolute Gasteiger partial charge is 0.489 e. The SMILES string of the molecule is CCNC(=NCC(C)Oc1ccccc1C)NCCS(=O)(=O)c1ccccc1. The maximum atomic E-state index is 12.4. The maximum absolute atomic E-state index is 12.4. The van der Waals surface area contributed by atoms with Crippen LogP contribution in [0.25, 0.3) is 0 Å². The minimum Gasteiger partial charge on any atom is -0.489 e. The Bertz CT molecular complexity index is 867. The third kappa shape index (κ3) is 6.88. The molecule has 2 rings (SSSR count). The quantitative estimate of drug-likeness (QED) is 0.497. The Kier molecular flexibility index (Phi) is 8.32. The second-order valence-electron chi connectivity index (χ2n) is 6.47. The first kappa shape index (κ1) is 21.8. The molecule has 0 spiro atoms. The zero-order valence-electron chi connectivity index (χ0n) is 16.7. The molecule has 2 aromatic rings. The van der Waals surface area contributed by atoms with E-state index in [1.807, 2.05) is 45.0 Å². The molecule has 2 N–H and O–H groups in total. The number of hydrogen-bond donors (Lipinski definition) is 2. The van der Waals surface area contributed by atoms with E-state index in [0.717, 1.165) is 11.3 Å². The predicted molar refractivity (Wildman–Crippen MR) is 114 cm³/mol. The lowest BCUT2D eigenvalue weighted by atomic mass is 10.2. The van der Waals surface area contributed by atoms with Crippen molar-refractivity contribution in [3.05, 3.63) is 60.2 Å². The van der Waals surface area contributed by atoms with Crippen molar-refractivity contribution in [2.45, 2.75) is 31.8 Å². The van der Waals surface area contributed by atoms with Crippen LogP contribution in [0.15, 0.2) is 64.5 Å². The van der Waals surface area contributed by atoms with E-state index in [1.165, 1.54) is 0 Å². The summed E-state index contributed by atoms with van der Waals surface area (Å²) in [4.78, 5) is 4.84. The van der Waals surface area contributed by atoms with Crippen molar-refractivity contribution in [2.24, 2.45) is 4.99 Å². The van der Waals surface area contributed by atoms with Gasteiger partial charge in [-0.25, -0.2) is 13.4 Å². The zero-order chi connectivity index (χ0) is 20.4. The first-order valence-electron chi connectivity index (χ1n) is 9.44. The molecule has 1 atom stereocenters. The van der Waals surface area contributed by atoms with Crippen LogP contribution in [0.3, 0.4) is 0 Å². The van der Waals surface area contributed by atoms with Crippen molar-refractivity contribution in [1.29, 1.82) is 0 Å². The number of sulfone groups is 1. The minimum atomic E-state index is -3.32. The van der Waals surface area contributed by atoms with Gasteiger partial charge in [0.25, 0.3) is 0 Å². The van der Waals surface area contributed by atoms with Crippen LogP contribution in [0.5, 0.6) is 5.75 Å². The van der Waals surface area contributed by atoms with Crippen LogP contribution < -0.4 is 15.4 Å². The fraction of sp³-hybridized carbons (Fsp3) is 0.381. The molecule has 0 heterocycles. The Labute approximate surface area is 168 Å². The number of nitrogens with one attached hydrogen (secondary N) is 2. The average molecular weight is 404 g/mol. The Hall–Kier alpha value is -2.54. The van der Waals surface area contributed by atoms with E-state index in [0.29, 0.717) is 23.9 Å². The highest BCUT2D eigenvalue weighted by Crippen LogP contribution is 2.17. The Morgan fingerprint density at radius 1 is 1.07 bits per heavy atom. The number of benzene rings is 2. The molecule has 0 fully saturated rings. The van der Waals surface area contributed by atoms with Crippen molar-refractivity contribution in [1.82, 2.24) is 10.6 Å². The van der Waals surface area contributed by atoms with Gasteiger partial charge in [-0.1, -0.05) is 36.4 Å². The van der Waals surface area contributed by atoms with Gasteiger partial charge in [0.05, 0.1) is 17.2 Å². The number of guanidine groups is 1. The number of para-hydroxylation sites is 1. The summed E-state index contributed by atoms with van der Waals surface area (Å²) in [6, 6.07) is 16.3. The molecule has 7 heteroatoms. The van der Waals surface area contributed by atoms with Crippen LogP contribution >= 0.6 is 0 Å². The van der Waals surface area contributed by atoms with Gasteiger partial charge in [0, 0.05) is 13.1 Å². The van der Waals surface area contributed by atoms with Crippen LogP contribution in [-0.2, 0) is 9.84 Å². The molecule has 0 radical (unpaired) electrons. The number of nitrogens with zero attached hydrogens (tertiary/aromatic N) is 1. The van der Waals surface area contributed by atoms with Gasteiger partial charge >= 0.3 is 0 Å². The summed E-state index contributed by atoms with van der Waals surface area (Å²) in [6.45, 7) is 7.34. The van der Waals surface area contributed by atoms with Crippen molar-refractivity contribution >= 4 is 15.8 Å². The van der Waals surface area contributed by atoms with Crippen molar-refractivity contribution in [3.8, 4) is 5.75 Å². The molecule has 0 aromatic heterocycles. The molecule has 0 aliphatic rings. The topological polar surface area (TPSA) is 79.8 Å². The van der Waals surface area contributed by atoms with E-state index in [-0.39, 0.29) is 18.4 Å². The minimum absolute atomic E-state index is 0.00328. The van der Waals surface area contributed by atoms with Gasteiger partial charge in [0.15, 0.2) is 15.8 Å². The van der Waals surface area contributed by atoms with Gasteiger partial charge in [-0.05, 0) is 44.5 Å². The summed E-state index contributed by atoms with van der Waals surface area (Å²) in [5.41, 5.74) is 1.08. The highest BCUT2D eigenvalue weighted by Gasteiger charge is 2.13. The van der Waals surface area contributed by atoms with E-state index in [9.17, 15) is 8.42 Å². The van der Waals surface area contributed by atoms with Gasteiger partial charge in [0.2, 0.25) is 0 Å². The number of aliphatic imine (C=N–C) groups is 1. The van der Waals surface area contributed by atoms with E-state index >= 15 is 0 Å². The van der Waals surface area contributed by atoms with E-state index in [2.05, 4.69) is 15.6 Å². The van der Waals surface area contributed by atoms with Crippen LogP contribution in [0.1, 0.15) is 19.4 Å². The summed E-state index contributed by atoms with van der Waals surface area (Å²) >= 11 is 0. The van der Waals surface area contributed by atoms with E-state index in [1.54, 1.807) is 30.3 Å². The number of aryl methyl sites for hydroxylation is 1. The summed E-state index contributed by atoms with van der Waals surface area (Å²) in [6.07, 6.45) is -0.107. The van der Waals surface area contributed by atoms with Crippen LogP contribution in [0.2, 0.25) is 0 Å². The van der Waals surface area contributed by atoms with Gasteiger partial charge < -0.3 is 15.4 Å². The molecule has 0 saturated carbocycles. The second kappa shape index (κ2) is 10.7. The monoisotopic (exact) mass is 403 g/mol. The molecule has 2 aromatic carbocycles. The normalized spacial score (nSPS) is 13.0. The summed E-state index contributed by atoms with van der Waals surface area (Å²) in [5, 5.41) is 6.21. The Morgan fingerprint density at radius 2 is 1.75 bits per heavy atom. The molecular weight excluding hydrogens is 374 g/mol. The molecule has 0 saturated heterocycles. The van der Waals surface area contributed by atoms with Crippen molar-refractivity contribution < 1.29 is 13.2 Å². The lowest BCUT2D eigenvalue weighted by molar-refractivity contribution is 0.228. The Morgan fingerprint density at radius 3 is 2.43 bits per heavy atom. The van der Waals surface area contributed by atoms with Gasteiger partial charge in [-0.2, -0.15) is 0 Å². The van der Waals surface area contributed by atoms with E-state index < -0.39 is 9.84 Å². The fourth-order valence-electron chi connectivity index (χ4n) is 2.55. The van der Waals surface area contributed by atoms with Crippen molar-refractivity contribution in [3.63, 3.8) is 0 Å². The van der Waals surface area contributed by atoms with E-state index in [4.69, 9.17) is 4.74 Å². The molecule has 152 valence electrons. The highest BCUT2D eigenvalue weighted by atomic mass is 32.2. The van der Waals surface area contributed by atoms with Gasteiger partial charge in [-0.15, -0.1) is 0 Å². The lowest BCUT2D eigenvalue weighted by Crippen LogP contribution is -2.40. The summed E-state index contributed by atoms with van der Waals surface area (Å²) in [5.74, 6) is 1.42. The first-order chi connectivity index (χ1) is 13.4. The van der Waals surface area contributed by atoms with Gasteiger partial charge in [-0.3, -0.25) is 0 Å². The molecule has 0 bridgehead atoms. The van der Waals surface area contributed by atoms with Crippen LogP contribution in [-0.4, -0.2) is 45.9 Å². The molecule has 0 aliphatic heterocycles. The molecule has 0 amide bonds. The summed E-state index contributed by atoms with van der Waals surface area (Å²) in [7, 11) is -3.32. The second-order valence-corrected chi connectivity index (χ2v) is 8.58. The molecule has 1 unspecified atom stereocenters. The average Bonchev–Trinajstić information content (AvgIpc) is 2.68. The third-order valence-electron chi connectivity index (χ3n) is 4.04. The zero-order valence-corrected chi connectivity index (χ0v) is 17.5. The molecule has 0 aliphatic carbocycles. The molecule has 6 nitrogen and oxygen atoms in total. The maximum Gasteiger partial charge on any atom is 0.191 e. The molecular formula is C21H29N3O3S. The third-order valence-corrected chi connectivity index (χ3v) is 5.77. The van der Waals surface area contributed by atoms with Crippen molar-refractivity contribution in [2.75, 3.05) is 25.4 Å². The lowest BCUT2D eigenvalue weighted by Gasteiger charge is -2.16.